The van der Waals surface area contributed by atoms with Gasteiger partial charge in [-0.15, -0.1) is 0 Å². The maximum atomic E-state index is 13.0. The van der Waals surface area contributed by atoms with Crippen molar-refractivity contribution in [2.24, 2.45) is 5.92 Å². The normalized spacial score (nSPS) is 31.5. The molecule has 0 bridgehead atoms. The first-order valence-electron chi connectivity index (χ1n) is 3.55. The minimum atomic E-state index is -1.01. The van der Waals surface area contributed by atoms with Gasteiger partial charge in [0.2, 0.25) is 0 Å². The number of carbonyl (C=O) groups excluding carboxylic acids is 1. The third-order valence-electron chi connectivity index (χ3n) is 1.79. The van der Waals surface area contributed by atoms with Crippen LogP contribution in [0, 0.1) is 5.92 Å². The lowest BCUT2D eigenvalue weighted by Crippen LogP contribution is -2.31. The van der Waals surface area contributed by atoms with Crippen LogP contribution < -0.4 is 0 Å². The molecule has 4 heteroatoms. The van der Waals surface area contributed by atoms with Gasteiger partial charge in [-0.3, -0.25) is 4.79 Å². The van der Waals surface area contributed by atoms with Crippen LogP contribution in [0.15, 0.2) is 0 Å². The van der Waals surface area contributed by atoms with Gasteiger partial charge in [-0.2, -0.15) is 11.8 Å². The van der Waals surface area contributed by atoms with E-state index in [4.69, 9.17) is 0 Å². The molecule has 0 amide bonds. The molecule has 0 radical (unpaired) electrons. The number of esters is 1. The van der Waals surface area contributed by atoms with E-state index < -0.39 is 18.1 Å². The zero-order chi connectivity index (χ0) is 8.27. The van der Waals surface area contributed by atoms with Gasteiger partial charge in [0, 0.05) is 5.75 Å². The Bertz CT molecular complexity index is 151. The number of halogens is 1. The second-order valence-electron chi connectivity index (χ2n) is 2.51. The number of carbonyl (C=O) groups is 1. The number of ether oxygens (including phenoxy) is 1. The molecule has 1 aliphatic rings. The van der Waals surface area contributed by atoms with Crippen LogP contribution >= 0.6 is 11.8 Å². The Morgan fingerprint density at radius 2 is 2.45 bits per heavy atom. The van der Waals surface area contributed by atoms with Gasteiger partial charge in [0.1, 0.15) is 6.17 Å². The number of hydrogen-bond acceptors (Lipinski definition) is 3. The first-order chi connectivity index (χ1) is 5.25. The van der Waals surface area contributed by atoms with Gasteiger partial charge < -0.3 is 4.74 Å². The Morgan fingerprint density at radius 3 is 3.00 bits per heavy atom. The molecule has 1 fully saturated rings. The van der Waals surface area contributed by atoms with Crippen LogP contribution in [0.1, 0.15) is 6.42 Å². The highest BCUT2D eigenvalue weighted by atomic mass is 32.2. The average Bonchev–Trinajstić information content (AvgIpc) is 2.04. The van der Waals surface area contributed by atoms with Crippen LogP contribution in [-0.2, 0) is 9.53 Å². The molecule has 2 atom stereocenters. The van der Waals surface area contributed by atoms with Crippen molar-refractivity contribution >= 4 is 17.7 Å². The topological polar surface area (TPSA) is 26.3 Å². The third kappa shape index (κ3) is 2.09. The van der Waals surface area contributed by atoms with E-state index in [0.29, 0.717) is 12.2 Å². The number of methoxy groups -OCH3 is 1. The van der Waals surface area contributed by atoms with Crippen molar-refractivity contribution in [2.45, 2.75) is 12.6 Å². The SMILES string of the molecule is COC(=O)[C@H]1CCSC[C@H]1F. The smallest absolute Gasteiger partial charge is 0.311 e. The van der Waals surface area contributed by atoms with Gasteiger partial charge in [-0.25, -0.2) is 4.39 Å². The summed E-state index contributed by atoms with van der Waals surface area (Å²) in [6.45, 7) is 0. The van der Waals surface area contributed by atoms with E-state index in [2.05, 4.69) is 4.74 Å². The number of thioether (sulfide) groups is 1. The fourth-order valence-electron chi connectivity index (χ4n) is 1.12. The molecule has 0 aromatic carbocycles. The highest BCUT2D eigenvalue weighted by molar-refractivity contribution is 7.99. The maximum absolute atomic E-state index is 13.0. The van der Waals surface area contributed by atoms with E-state index in [-0.39, 0.29) is 0 Å². The predicted molar refractivity (Wildman–Crippen MR) is 42.3 cm³/mol. The molecule has 0 aliphatic carbocycles. The summed E-state index contributed by atoms with van der Waals surface area (Å²) in [4.78, 5) is 10.9. The summed E-state index contributed by atoms with van der Waals surface area (Å²) in [5, 5.41) is 0. The van der Waals surface area contributed by atoms with E-state index in [1.165, 1.54) is 7.11 Å². The summed E-state index contributed by atoms with van der Waals surface area (Å²) >= 11 is 1.55. The van der Waals surface area contributed by atoms with Crippen LogP contribution in [0.3, 0.4) is 0 Å². The van der Waals surface area contributed by atoms with Crippen LogP contribution in [0.25, 0.3) is 0 Å². The molecule has 0 spiro atoms. The highest BCUT2D eigenvalue weighted by Crippen LogP contribution is 2.26. The summed E-state index contributed by atoms with van der Waals surface area (Å²) in [5.41, 5.74) is 0. The van der Waals surface area contributed by atoms with Crippen LogP contribution in [-0.4, -0.2) is 30.8 Å². The van der Waals surface area contributed by atoms with Gasteiger partial charge in [0.25, 0.3) is 0 Å². The lowest BCUT2D eigenvalue weighted by Gasteiger charge is -2.22. The third-order valence-corrected chi connectivity index (χ3v) is 2.87. The Hall–Kier alpha value is -0.250. The van der Waals surface area contributed by atoms with Crippen molar-refractivity contribution in [3.8, 4) is 0 Å². The Labute approximate surface area is 69.5 Å². The molecule has 1 rings (SSSR count). The fourth-order valence-corrected chi connectivity index (χ4v) is 2.16. The average molecular weight is 178 g/mol. The van der Waals surface area contributed by atoms with Gasteiger partial charge in [-0.1, -0.05) is 0 Å². The maximum Gasteiger partial charge on any atom is 0.311 e. The first kappa shape index (κ1) is 8.84. The van der Waals surface area contributed by atoms with Crippen LogP contribution in [0.2, 0.25) is 0 Å². The summed E-state index contributed by atoms with van der Waals surface area (Å²) in [7, 11) is 1.30. The van der Waals surface area contributed by atoms with Crippen molar-refractivity contribution in [3.05, 3.63) is 0 Å². The molecule has 1 saturated heterocycles. The minimum Gasteiger partial charge on any atom is -0.469 e. The molecule has 64 valence electrons. The standard InChI is InChI=1S/C7H11FO2S/c1-10-7(9)5-2-3-11-4-6(5)8/h5-6H,2-4H2,1H3/t5-,6+/m0/s1. The molecule has 0 saturated carbocycles. The molecule has 1 aliphatic heterocycles. The Morgan fingerprint density at radius 1 is 1.73 bits per heavy atom. The zero-order valence-corrected chi connectivity index (χ0v) is 7.20. The zero-order valence-electron chi connectivity index (χ0n) is 6.38. The van der Waals surface area contributed by atoms with Crippen molar-refractivity contribution < 1.29 is 13.9 Å². The van der Waals surface area contributed by atoms with Gasteiger partial charge in [0.15, 0.2) is 0 Å². The summed E-state index contributed by atoms with van der Waals surface area (Å²) in [6.07, 6.45) is -0.403. The van der Waals surface area contributed by atoms with E-state index in [0.717, 1.165) is 5.75 Å². The lowest BCUT2D eigenvalue weighted by atomic mass is 10.0. The molecule has 0 aromatic rings. The quantitative estimate of drug-likeness (QED) is 0.565. The number of hydrogen-bond donors (Lipinski definition) is 0. The van der Waals surface area contributed by atoms with Gasteiger partial charge >= 0.3 is 5.97 Å². The molecule has 11 heavy (non-hydrogen) atoms. The minimum absolute atomic E-state index is 0.405. The predicted octanol–water partition coefficient (Wildman–Crippen LogP) is 1.25. The van der Waals surface area contributed by atoms with Crippen LogP contribution in [0.4, 0.5) is 4.39 Å². The van der Waals surface area contributed by atoms with Crippen molar-refractivity contribution in [1.29, 1.82) is 0 Å². The van der Waals surface area contributed by atoms with Crippen molar-refractivity contribution in [2.75, 3.05) is 18.6 Å². The van der Waals surface area contributed by atoms with E-state index in [9.17, 15) is 9.18 Å². The number of rotatable bonds is 1. The molecule has 0 unspecified atom stereocenters. The van der Waals surface area contributed by atoms with Crippen molar-refractivity contribution in [1.82, 2.24) is 0 Å². The molecule has 1 heterocycles. The number of alkyl halides is 1. The van der Waals surface area contributed by atoms with E-state index in [1.807, 2.05) is 0 Å². The fraction of sp³-hybridized carbons (Fsp3) is 0.857. The lowest BCUT2D eigenvalue weighted by molar-refractivity contribution is -0.147. The van der Waals surface area contributed by atoms with E-state index in [1.54, 1.807) is 11.8 Å². The molecule has 0 aromatic heterocycles. The second-order valence-corrected chi connectivity index (χ2v) is 3.66. The highest BCUT2D eigenvalue weighted by Gasteiger charge is 2.31. The Kier molecular flexibility index (Phi) is 3.17. The first-order valence-corrected chi connectivity index (χ1v) is 4.71. The van der Waals surface area contributed by atoms with E-state index >= 15 is 0 Å². The molecular weight excluding hydrogens is 167 g/mol. The monoisotopic (exact) mass is 178 g/mol. The summed E-state index contributed by atoms with van der Waals surface area (Å²) in [6, 6.07) is 0. The molecular formula is C7H11FO2S. The summed E-state index contributed by atoms with van der Waals surface area (Å²) < 4.78 is 17.4. The van der Waals surface area contributed by atoms with Gasteiger partial charge in [-0.05, 0) is 12.2 Å². The summed E-state index contributed by atoms with van der Waals surface area (Å²) in [5.74, 6) is 0.374. The van der Waals surface area contributed by atoms with Gasteiger partial charge in [0.05, 0.1) is 13.0 Å². The van der Waals surface area contributed by atoms with Crippen molar-refractivity contribution in [3.63, 3.8) is 0 Å². The largest absolute Gasteiger partial charge is 0.469 e. The van der Waals surface area contributed by atoms with Crippen LogP contribution in [0.5, 0.6) is 0 Å². The molecule has 0 N–H and O–H groups in total. The second kappa shape index (κ2) is 3.95. The molecule has 2 nitrogen and oxygen atoms in total. The Balaban J connectivity index is 2.47.